The first kappa shape index (κ1) is 22.4. The van der Waals surface area contributed by atoms with Crippen LogP contribution in [0.25, 0.3) is 22.1 Å². The maximum Gasteiger partial charge on any atom is 0.236 e. The van der Waals surface area contributed by atoms with E-state index in [0.717, 1.165) is 21.3 Å². The zero-order valence-electron chi connectivity index (χ0n) is 16.6. The molecule has 0 radical (unpaired) electrons. The summed E-state index contributed by atoms with van der Waals surface area (Å²) in [5.74, 6) is -0.0800. The number of carbonyl (C=O) groups is 1. The van der Waals surface area contributed by atoms with Crippen molar-refractivity contribution in [3.63, 3.8) is 0 Å². The smallest absolute Gasteiger partial charge is 0.236 e. The molecule has 7 nitrogen and oxygen atoms in total. The monoisotopic (exact) mass is 534 g/mol. The number of hydrogen-bond acceptors (Lipinski definition) is 7. The predicted octanol–water partition coefficient (Wildman–Crippen LogP) is 6.24. The maximum absolute atomic E-state index is 12.4. The second kappa shape index (κ2) is 9.44. The van der Waals surface area contributed by atoms with E-state index >= 15 is 0 Å². The topological polar surface area (TPSA) is 96.5 Å². The van der Waals surface area contributed by atoms with Crippen molar-refractivity contribution in [2.24, 2.45) is 0 Å². The van der Waals surface area contributed by atoms with Crippen LogP contribution in [0.4, 0.5) is 5.13 Å². The predicted molar refractivity (Wildman–Crippen MR) is 135 cm³/mol. The second-order valence-corrected chi connectivity index (χ2v) is 10.3. The lowest BCUT2D eigenvalue weighted by Gasteiger charge is -2.02. The number of amides is 1. The first-order chi connectivity index (χ1) is 15.9. The summed E-state index contributed by atoms with van der Waals surface area (Å²) in [5.41, 5.74) is 3.12. The van der Waals surface area contributed by atoms with E-state index in [2.05, 4.69) is 30.5 Å². The summed E-state index contributed by atoms with van der Waals surface area (Å²) in [4.78, 5) is 25.3. The van der Waals surface area contributed by atoms with Crippen LogP contribution in [0.2, 0.25) is 15.1 Å². The fourth-order valence-corrected chi connectivity index (χ4v) is 5.12. The van der Waals surface area contributed by atoms with Gasteiger partial charge in [0.05, 0.1) is 15.8 Å². The van der Waals surface area contributed by atoms with Crippen LogP contribution in [0, 0.1) is 0 Å². The molecule has 0 spiro atoms. The number of H-pyrrole nitrogens is 1. The zero-order valence-corrected chi connectivity index (χ0v) is 20.5. The van der Waals surface area contributed by atoms with Gasteiger partial charge < -0.3 is 10.3 Å². The molecule has 0 saturated heterocycles. The van der Waals surface area contributed by atoms with Crippen LogP contribution in [-0.2, 0) is 11.2 Å². The van der Waals surface area contributed by atoms with Crippen LogP contribution < -0.4 is 5.32 Å². The number of nitrogens with one attached hydrogen (secondary N) is 2. The average molecular weight is 536 g/mol. The van der Waals surface area contributed by atoms with Crippen molar-refractivity contribution < 1.29 is 4.79 Å². The van der Waals surface area contributed by atoms with E-state index in [9.17, 15) is 4.79 Å². The number of anilines is 1. The Morgan fingerprint density at radius 1 is 1.09 bits per heavy atom. The number of halogens is 3. The maximum atomic E-state index is 12.4. The van der Waals surface area contributed by atoms with Crippen LogP contribution in [0.1, 0.15) is 10.4 Å². The first-order valence-corrected chi connectivity index (χ1v) is 12.5. The number of aromatic amines is 1. The molecule has 0 aliphatic rings. The van der Waals surface area contributed by atoms with Crippen molar-refractivity contribution in [1.29, 1.82) is 0 Å². The van der Waals surface area contributed by atoms with Crippen LogP contribution >= 0.6 is 57.9 Å². The number of aromatic nitrogens is 5. The molecular weight excluding hydrogens is 523 g/mol. The van der Waals surface area contributed by atoms with Crippen molar-refractivity contribution in [2.45, 2.75) is 11.6 Å². The highest BCUT2D eigenvalue weighted by Gasteiger charge is 2.13. The molecule has 3 aromatic heterocycles. The molecule has 5 aromatic rings. The largest absolute Gasteiger partial charge is 0.338 e. The third kappa shape index (κ3) is 5.07. The van der Waals surface area contributed by atoms with Crippen LogP contribution in [0.15, 0.2) is 47.8 Å². The minimum absolute atomic E-state index is 0.126. The van der Waals surface area contributed by atoms with E-state index in [1.807, 2.05) is 24.3 Å². The van der Waals surface area contributed by atoms with Gasteiger partial charge >= 0.3 is 0 Å². The minimum Gasteiger partial charge on any atom is -0.338 e. The zero-order chi connectivity index (χ0) is 22.9. The van der Waals surface area contributed by atoms with Gasteiger partial charge in [0.15, 0.2) is 10.8 Å². The number of rotatable bonds is 6. The molecule has 0 aliphatic carbocycles. The summed E-state index contributed by atoms with van der Waals surface area (Å²) >= 11 is 20.7. The molecule has 5 rings (SSSR count). The number of thiazole rings is 1. The molecule has 0 saturated carbocycles. The highest BCUT2D eigenvalue weighted by atomic mass is 35.5. The van der Waals surface area contributed by atoms with Crippen molar-refractivity contribution in [2.75, 3.05) is 11.1 Å². The minimum atomic E-state index is -0.206. The Bertz CT molecular complexity index is 1500. The standard InChI is InChI=1S/C21H13Cl3N6OS2/c22-11-2-4-16-13(7-11)18-19(26-16)28-21(30-29-18)32-9-17(31)27-20-25-8-12(33-20)5-10-1-3-14(23)15(24)6-10/h1-4,6-8H,5,9H2,(H,25,27,31)(H,26,28,30). The Hall–Kier alpha value is -2.43. The van der Waals surface area contributed by atoms with E-state index in [0.29, 0.717) is 42.9 Å². The van der Waals surface area contributed by atoms with Gasteiger partial charge in [0, 0.05) is 33.4 Å². The van der Waals surface area contributed by atoms with Gasteiger partial charge in [0.25, 0.3) is 0 Å². The summed E-state index contributed by atoms with van der Waals surface area (Å²) in [6.45, 7) is 0. The number of thioether (sulfide) groups is 1. The highest BCUT2D eigenvalue weighted by molar-refractivity contribution is 7.99. The molecule has 3 heterocycles. The fourth-order valence-electron chi connectivity index (χ4n) is 3.17. The Morgan fingerprint density at radius 2 is 1.97 bits per heavy atom. The van der Waals surface area contributed by atoms with Crippen LogP contribution in [0.5, 0.6) is 0 Å². The van der Waals surface area contributed by atoms with E-state index in [4.69, 9.17) is 34.8 Å². The summed E-state index contributed by atoms with van der Waals surface area (Å²) in [5, 5.41) is 14.6. The lowest BCUT2D eigenvalue weighted by atomic mass is 10.1. The van der Waals surface area contributed by atoms with E-state index in [1.165, 1.54) is 23.1 Å². The Labute approximate surface area is 210 Å². The number of hydrogen-bond donors (Lipinski definition) is 2. The van der Waals surface area contributed by atoms with Gasteiger partial charge in [-0.05, 0) is 35.9 Å². The third-order valence-electron chi connectivity index (χ3n) is 4.65. The Kier molecular flexibility index (Phi) is 6.40. The summed E-state index contributed by atoms with van der Waals surface area (Å²) in [6.07, 6.45) is 2.38. The molecule has 0 unspecified atom stereocenters. The SMILES string of the molecule is O=C(CSc1nnc2c(n1)[nH]c1ccc(Cl)cc12)Nc1ncc(Cc2ccc(Cl)c(Cl)c2)s1. The van der Waals surface area contributed by atoms with Gasteiger partial charge in [0.1, 0.15) is 5.52 Å². The van der Waals surface area contributed by atoms with E-state index < -0.39 is 0 Å². The number of nitrogens with zero attached hydrogens (tertiary/aromatic N) is 4. The number of benzene rings is 2. The van der Waals surface area contributed by atoms with Crippen molar-refractivity contribution >= 4 is 91.0 Å². The molecule has 166 valence electrons. The Balaban J connectivity index is 1.20. The van der Waals surface area contributed by atoms with E-state index in [1.54, 1.807) is 18.3 Å². The van der Waals surface area contributed by atoms with Crippen LogP contribution in [0.3, 0.4) is 0 Å². The Morgan fingerprint density at radius 3 is 2.82 bits per heavy atom. The van der Waals surface area contributed by atoms with Crippen molar-refractivity contribution in [1.82, 2.24) is 25.1 Å². The third-order valence-corrected chi connectivity index (χ3v) is 7.38. The molecule has 0 bridgehead atoms. The van der Waals surface area contributed by atoms with Gasteiger partial charge in [-0.15, -0.1) is 21.5 Å². The summed E-state index contributed by atoms with van der Waals surface area (Å²) < 4.78 is 0. The van der Waals surface area contributed by atoms with Gasteiger partial charge in [-0.1, -0.05) is 52.6 Å². The number of carbonyl (C=O) groups excluding carboxylic acids is 1. The molecule has 12 heteroatoms. The van der Waals surface area contributed by atoms with E-state index in [-0.39, 0.29) is 11.7 Å². The normalized spacial score (nSPS) is 11.4. The first-order valence-electron chi connectivity index (χ1n) is 9.57. The fraction of sp³-hybridized carbons (Fsp3) is 0.0952. The molecular formula is C21H13Cl3N6OS2. The molecule has 0 fully saturated rings. The van der Waals surface area contributed by atoms with Gasteiger partial charge in [-0.3, -0.25) is 4.79 Å². The van der Waals surface area contributed by atoms with Gasteiger partial charge in [0.2, 0.25) is 11.1 Å². The molecule has 2 aromatic carbocycles. The summed E-state index contributed by atoms with van der Waals surface area (Å²) in [6, 6.07) is 11.0. The van der Waals surface area contributed by atoms with Crippen LogP contribution in [-0.4, -0.2) is 36.8 Å². The van der Waals surface area contributed by atoms with Gasteiger partial charge in [-0.25, -0.2) is 9.97 Å². The lowest BCUT2D eigenvalue weighted by molar-refractivity contribution is -0.113. The average Bonchev–Trinajstić information content (AvgIpc) is 3.38. The number of fused-ring (bicyclic) bond motifs is 3. The molecule has 1 amide bonds. The quantitative estimate of drug-likeness (QED) is 0.250. The lowest BCUT2D eigenvalue weighted by Crippen LogP contribution is -2.14. The molecule has 0 aliphatic heterocycles. The molecule has 0 atom stereocenters. The highest BCUT2D eigenvalue weighted by Crippen LogP contribution is 2.28. The summed E-state index contributed by atoms with van der Waals surface area (Å²) in [7, 11) is 0. The van der Waals surface area contributed by atoms with Crippen molar-refractivity contribution in [3.8, 4) is 0 Å². The second-order valence-electron chi connectivity index (χ2n) is 7.00. The molecule has 2 N–H and O–H groups in total. The molecule has 33 heavy (non-hydrogen) atoms. The van der Waals surface area contributed by atoms with Crippen molar-refractivity contribution in [3.05, 3.63) is 68.1 Å². The van der Waals surface area contributed by atoms with Gasteiger partial charge in [-0.2, -0.15) is 0 Å².